The molecule has 0 aromatic rings. The molecule has 1 N–H and O–H groups in total. The number of amides is 1. The highest BCUT2D eigenvalue weighted by atomic mass is 79.9. The third kappa shape index (κ3) is 2.77. The van der Waals surface area contributed by atoms with Gasteiger partial charge in [-0.3, -0.25) is 4.79 Å². The van der Waals surface area contributed by atoms with Crippen molar-refractivity contribution >= 4 is 21.8 Å². The Morgan fingerprint density at radius 3 is 2.62 bits per heavy atom. The number of ether oxygens (including phenoxy) is 1. The van der Waals surface area contributed by atoms with Crippen molar-refractivity contribution in [1.82, 2.24) is 5.32 Å². The maximum atomic E-state index is 12.1. The second kappa shape index (κ2) is 5.05. The first-order valence-corrected chi connectivity index (χ1v) is 7.25. The minimum absolute atomic E-state index is 0.0709. The number of alkyl halides is 1. The van der Waals surface area contributed by atoms with Gasteiger partial charge >= 0.3 is 0 Å². The summed E-state index contributed by atoms with van der Waals surface area (Å²) < 4.78 is 5.36. The summed E-state index contributed by atoms with van der Waals surface area (Å²) in [4.78, 5) is 12.1. The van der Waals surface area contributed by atoms with Crippen molar-refractivity contribution < 1.29 is 9.53 Å². The normalized spacial score (nSPS) is 26.1. The van der Waals surface area contributed by atoms with E-state index in [1.807, 2.05) is 6.92 Å². The fourth-order valence-electron chi connectivity index (χ4n) is 2.24. The van der Waals surface area contributed by atoms with Gasteiger partial charge in [0.15, 0.2) is 0 Å². The van der Waals surface area contributed by atoms with Crippen LogP contribution < -0.4 is 5.32 Å². The summed E-state index contributed by atoms with van der Waals surface area (Å²) in [7, 11) is 0. The molecule has 0 aromatic heterocycles. The average Bonchev–Trinajstić information content (AvgIpc) is 3.13. The van der Waals surface area contributed by atoms with Gasteiger partial charge in [0.25, 0.3) is 0 Å². The Balaban J connectivity index is 1.91. The summed E-state index contributed by atoms with van der Waals surface area (Å²) in [5, 5.41) is 4.06. The molecule has 4 heteroatoms. The Bertz CT molecular complexity index is 260. The maximum Gasteiger partial charge on any atom is 0.223 e. The highest BCUT2D eigenvalue weighted by molar-refractivity contribution is 9.09. The van der Waals surface area contributed by atoms with Crippen molar-refractivity contribution in [3.05, 3.63) is 0 Å². The number of halogens is 1. The van der Waals surface area contributed by atoms with Gasteiger partial charge in [-0.2, -0.15) is 0 Å². The third-order valence-electron chi connectivity index (χ3n) is 3.84. The number of hydrogen-bond acceptors (Lipinski definition) is 2. The minimum Gasteiger partial charge on any atom is -0.381 e. The Morgan fingerprint density at radius 2 is 2.12 bits per heavy atom. The summed E-state index contributed by atoms with van der Waals surface area (Å²) >= 11 is 3.53. The molecule has 2 fully saturated rings. The fourth-order valence-corrected chi connectivity index (χ4v) is 2.94. The standard InChI is InChI=1S/C12H20BrNO2/c1-9(10-2-3-10)11(15)14-12(8-13)4-6-16-7-5-12/h9-10H,2-8H2,1H3,(H,14,15). The van der Waals surface area contributed by atoms with Gasteiger partial charge in [-0.25, -0.2) is 0 Å². The molecular weight excluding hydrogens is 270 g/mol. The monoisotopic (exact) mass is 289 g/mol. The first-order chi connectivity index (χ1) is 7.67. The van der Waals surface area contributed by atoms with E-state index in [9.17, 15) is 4.79 Å². The van der Waals surface area contributed by atoms with Crippen molar-refractivity contribution in [2.24, 2.45) is 11.8 Å². The zero-order valence-corrected chi connectivity index (χ0v) is 11.4. The second-order valence-electron chi connectivity index (χ2n) is 5.14. The molecule has 1 unspecified atom stereocenters. The molecule has 16 heavy (non-hydrogen) atoms. The molecule has 1 heterocycles. The lowest BCUT2D eigenvalue weighted by molar-refractivity contribution is -0.127. The third-order valence-corrected chi connectivity index (χ3v) is 4.91. The van der Waals surface area contributed by atoms with Gasteiger partial charge in [-0.05, 0) is 31.6 Å². The minimum atomic E-state index is -0.0709. The highest BCUT2D eigenvalue weighted by Crippen LogP contribution is 2.37. The lowest BCUT2D eigenvalue weighted by atomic mass is 9.91. The molecule has 2 rings (SSSR count). The molecule has 1 saturated carbocycles. The van der Waals surface area contributed by atoms with Crippen LogP contribution in [0.5, 0.6) is 0 Å². The van der Waals surface area contributed by atoms with Gasteiger partial charge in [0.2, 0.25) is 5.91 Å². The molecular formula is C12H20BrNO2. The van der Waals surface area contributed by atoms with Crippen molar-refractivity contribution in [3.8, 4) is 0 Å². The van der Waals surface area contributed by atoms with Crippen LogP contribution in [0.3, 0.4) is 0 Å². The van der Waals surface area contributed by atoms with E-state index in [2.05, 4.69) is 21.2 Å². The first-order valence-electron chi connectivity index (χ1n) is 6.13. The van der Waals surface area contributed by atoms with Gasteiger partial charge in [0.1, 0.15) is 0 Å². The van der Waals surface area contributed by atoms with Crippen LogP contribution in [0.2, 0.25) is 0 Å². The quantitative estimate of drug-likeness (QED) is 0.805. The Hall–Kier alpha value is -0.0900. The number of rotatable bonds is 4. The summed E-state index contributed by atoms with van der Waals surface area (Å²) in [5.41, 5.74) is -0.0709. The molecule has 1 saturated heterocycles. The zero-order valence-electron chi connectivity index (χ0n) is 9.80. The molecule has 0 bridgehead atoms. The molecule has 2 aliphatic rings. The van der Waals surface area contributed by atoms with Crippen LogP contribution in [0.15, 0.2) is 0 Å². The van der Waals surface area contributed by atoms with Crippen molar-refractivity contribution in [2.75, 3.05) is 18.5 Å². The number of carbonyl (C=O) groups excluding carboxylic acids is 1. The smallest absolute Gasteiger partial charge is 0.223 e. The average molecular weight is 290 g/mol. The van der Waals surface area contributed by atoms with Gasteiger partial charge in [-0.1, -0.05) is 22.9 Å². The molecule has 3 nitrogen and oxygen atoms in total. The summed E-state index contributed by atoms with van der Waals surface area (Å²) in [6, 6.07) is 0. The van der Waals surface area contributed by atoms with Crippen molar-refractivity contribution in [2.45, 2.75) is 38.1 Å². The number of nitrogens with one attached hydrogen (secondary N) is 1. The summed E-state index contributed by atoms with van der Waals surface area (Å²) in [6.45, 7) is 3.56. The Kier molecular flexibility index (Phi) is 3.90. The molecule has 1 aliphatic heterocycles. The first kappa shape index (κ1) is 12.4. The lowest BCUT2D eigenvalue weighted by Crippen LogP contribution is -2.54. The topological polar surface area (TPSA) is 38.3 Å². The van der Waals surface area contributed by atoms with Crippen LogP contribution in [0.25, 0.3) is 0 Å². The van der Waals surface area contributed by atoms with E-state index in [1.165, 1.54) is 12.8 Å². The van der Waals surface area contributed by atoms with Gasteiger partial charge < -0.3 is 10.1 Å². The van der Waals surface area contributed by atoms with Gasteiger partial charge in [0.05, 0.1) is 5.54 Å². The van der Waals surface area contributed by atoms with Crippen LogP contribution >= 0.6 is 15.9 Å². The number of carbonyl (C=O) groups is 1. The SMILES string of the molecule is CC(C(=O)NC1(CBr)CCOCC1)C1CC1. The fraction of sp³-hybridized carbons (Fsp3) is 0.917. The predicted molar refractivity (Wildman–Crippen MR) is 66.6 cm³/mol. The highest BCUT2D eigenvalue weighted by Gasteiger charge is 2.38. The largest absolute Gasteiger partial charge is 0.381 e. The molecule has 1 amide bonds. The summed E-state index contributed by atoms with van der Waals surface area (Å²) in [6.07, 6.45) is 4.28. The van der Waals surface area contributed by atoms with E-state index >= 15 is 0 Å². The van der Waals surface area contributed by atoms with Crippen LogP contribution in [0.4, 0.5) is 0 Å². The van der Waals surface area contributed by atoms with Gasteiger partial charge in [0, 0.05) is 24.5 Å². The lowest BCUT2D eigenvalue weighted by Gasteiger charge is -2.37. The predicted octanol–water partition coefficient (Wildman–Crippen LogP) is 2.09. The Morgan fingerprint density at radius 1 is 1.50 bits per heavy atom. The van der Waals surface area contributed by atoms with E-state index in [1.54, 1.807) is 0 Å². The second-order valence-corrected chi connectivity index (χ2v) is 5.70. The molecule has 0 aromatic carbocycles. The van der Waals surface area contributed by atoms with E-state index in [-0.39, 0.29) is 17.4 Å². The number of hydrogen-bond donors (Lipinski definition) is 1. The van der Waals surface area contributed by atoms with E-state index < -0.39 is 0 Å². The van der Waals surface area contributed by atoms with E-state index in [0.29, 0.717) is 5.92 Å². The van der Waals surface area contributed by atoms with Crippen LogP contribution in [-0.4, -0.2) is 30.0 Å². The molecule has 1 atom stereocenters. The molecule has 92 valence electrons. The van der Waals surface area contributed by atoms with Crippen LogP contribution in [0, 0.1) is 11.8 Å². The molecule has 0 radical (unpaired) electrons. The van der Waals surface area contributed by atoms with E-state index in [0.717, 1.165) is 31.4 Å². The summed E-state index contributed by atoms with van der Waals surface area (Å²) in [5.74, 6) is 1.04. The van der Waals surface area contributed by atoms with Crippen molar-refractivity contribution in [1.29, 1.82) is 0 Å². The van der Waals surface area contributed by atoms with Crippen LogP contribution in [0.1, 0.15) is 32.6 Å². The maximum absolute atomic E-state index is 12.1. The van der Waals surface area contributed by atoms with E-state index in [4.69, 9.17) is 4.74 Å². The van der Waals surface area contributed by atoms with Crippen molar-refractivity contribution in [3.63, 3.8) is 0 Å². The van der Waals surface area contributed by atoms with Crippen LogP contribution in [-0.2, 0) is 9.53 Å². The molecule has 0 spiro atoms. The zero-order chi connectivity index (χ0) is 11.6. The van der Waals surface area contributed by atoms with Gasteiger partial charge in [-0.15, -0.1) is 0 Å². The Labute approximate surface area is 105 Å². The molecule has 1 aliphatic carbocycles.